The number of anilines is 2. The summed E-state index contributed by atoms with van der Waals surface area (Å²) in [5.74, 6) is -1.46. The van der Waals surface area contributed by atoms with Crippen molar-refractivity contribution in [1.29, 1.82) is 0 Å². The van der Waals surface area contributed by atoms with Gasteiger partial charge >= 0.3 is 5.97 Å². The Morgan fingerprint density at radius 3 is 2.68 bits per heavy atom. The molecule has 0 saturated carbocycles. The van der Waals surface area contributed by atoms with Crippen LogP contribution in [-0.4, -0.2) is 34.3 Å². The van der Waals surface area contributed by atoms with Crippen molar-refractivity contribution in [3.05, 3.63) is 35.7 Å². The number of methoxy groups -OCH3 is 1. The summed E-state index contributed by atoms with van der Waals surface area (Å²) < 4.78 is 8.26. The zero-order chi connectivity index (χ0) is 16.1. The molecule has 22 heavy (non-hydrogen) atoms. The van der Waals surface area contributed by atoms with Gasteiger partial charge in [0.15, 0.2) is 0 Å². The van der Waals surface area contributed by atoms with E-state index < -0.39 is 11.9 Å². The number of benzene rings is 1. The van der Waals surface area contributed by atoms with E-state index >= 15 is 0 Å². The quantitative estimate of drug-likeness (QED) is 0.827. The summed E-state index contributed by atoms with van der Waals surface area (Å²) in [6, 6.07) is 6.42. The molecule has 1 aromatic heterocycles. The van der Waals surface area contributed by atoms with E-state index in [2.05, 4.69) is 24.7 Å². The van der Waals surface area contributed by atoms with E-state index in [0.717, 1.165) is 11.5 Å². The Hall–Kier alpha value is -2.81. The third-order valence-corrected chi connectivity index (χ3v) is 3.09. The predicted octanol–water partition coefficient (Wildman–Crippen LogP) is 1.54. The van der Waals surface area contributed by atoms with Gasteiger partial charge in [0.05, 0.1) is 7.11 Å². The van der Waals surface area contributed by atoms with Crippen LogP contribution >= 0.6 is 11.5 Å². The monoisotopic (exact) mass is 320 g/mol. The molecule has 0 saturated heterocycles. The molecule has 2 N–H and O–H groups in total. The molecule has 0 aliphatic rings. The van der Waals surface area contributed by atoms with Gasteiger partial charge in [-0.15, -0.1) is 0 Å². The molecule has 1 heterocycles. The van der Waals surface area contributed by atoms with Gasteiger partial charge in [-0.1, -0.05) is 6.07 Å². The van der Waals surface area contributed by atoms with Crippen LogP contribution in [-0.2, 0) is 9.53 Å². The molecule has 2 aromatic rings. The van der Waals surface area contributed by atoms with Crippen molar-refractivity contribution in [1.82, 2.24) is 9.36 Å². The van der Waals surface area contributed by atoms with Gasteiger partial charge < -0.3 is 10.1 Å². The largest absolute Gasteiger partial charge is 0.463 e. The predicted molar refractivity (Wildman–Crippen MR) is 79.9 cm³/mol. The van der Waals surface area contributed by atoms with E-state index in [1.807, 2.05) is 0 Å². The van der Waals surface area contributed by atoms with Crippen molar-refractivity contribution < 1.29 is 19.1 Å². The molecular weight excluding hydrogens is 308 g/mol. The summed E-state index contributed by atoms with van der Waals surface area (Å²) in [5, 5.41) is 5.28. The van der Waals surface area contributed by atoms with E-state index in [1.54, 1.807) is 18.2 Å². The van der Waals surface area contributed by atoms with Gasteiger partial charge in [-0.2, -0.15) is 9.36 Å². The molecule has 114 valence electrons. The fourth-order valence-electron chi connectivity index (χ4n) is 1.56. The molecular formula is C13H12N4O4S. The van der Waals surface area contributed by atoms with Gasteiger partial charge in [-0.25, -0.2) is 4.79 Å². The van der Waals surface area contributed by atoms with Crippen molar-refractivity contribution in [3.63, 3.8) is 0 Å². The van der Waals surface area contributed by atoms with Crippen molar-refractivity contribution in [2.24, 2.45) is 0 Å². The number of esters is 1. The molecule has 0 fully saturated rings. The van der Waals surface area contributed by atoms with E-state index in [4.69, 9.17) is 0 Å². The van der Waals surface area contributed by atoms with Crippen LogP contribution in [0, 0.1) is 0 Å². The Morgan fingerprint density at radius 2 is 2.00 bits per heavy atom. The van der Waals surface area contributed by atoms with Gasteiger partial charge in [0.1, 0.15) is 0 Å². The van der Waals surface area contributed by atoms with Crippen LogP contribution in [0.1, 0.15) is 27.9 Å². The maximum absolute atomic E-state index is 12.1. The standard InChI is InChI=1S/C13H12N4O4S/c1-7(18)14-9-5-3-4-8(6-9)11(19)16-13-15-10(17-22-13)12(20)21-2/h3-6H,1-2H3,(H,14,18)(H,15,16,17,19). The highest BCUT2D eigenvalue weighted by Gasteiger charge is 2.15. The van der Waals surface area contributed by atoms with Gasteiger partial charge in [-0.3, -0.25) is 14.9 Å². The van der Waals surface area contributed by atoms with Crippen molar-refractivity contribution in [2.45, 2.75) is 6.92 Å². The molecule has 0 aliphatic carbocycles. The maximum atomic E-state index is 12.1. The number of carbonyl (C=O) groups excluding carboxylic acids is 3. The van der Waals surface area contributed by atoms with Crippen LogP contribution in [0.3, 0.4) is 0 Å². The second-order valence-electron chi connectivity index (χ2n) is 4.13. The number of carbonyl (C=O) groups is 3. The minimum Gasteiger partial charge on any atom is -0.463 e. The van der Waals surface area contributed by atoms with Crippen molar-refractivity contribution in [2.75, 3.05) is 17.7 Å². The number of rotatable bonds is 4. The van der Waals surface area contributed by atoms with Crippen LogP contribution < -0.4 is 10.6 Å². The average molecular weight is 320 g/mol. The SMILES string of the molecule is COC(=O)c1nsc(NC(=O)c2cccc(NC(C)=O)c2)n1. The topological polar surface area (TPSA) is 110 Å². The van der Waals surface area contributed by atoms with Crippen LogP contribution in [0.4, 0.5) is 10.8 Å². The van der Waals surface area contributed by atoms with Crippen molar-refractivity contribution >= 4 is 40.1 Å². The van der Waals surface area contributed by atoms with Gasteiger partial charge in [-0.05, 0) is 18.2 Å². The smallest absolute Gasteiger partial charge is 0.377 e. The first-order valence-corrected chi connectivity index (χ1v) is 6.88. The first kappa shape index (κ1) is 15.6. The normalized spacial score (nSPS) is 9.91. The number of hydrogen-bond acceptors (Lipinski definition) is 7. The number of amides is 2. The maximum Gasteiger partial charge on any atom is 0.377 e. The summed E-state index contributed by atoms with van der Waals surface area (Å²) in [7, 11) is 1.22. The number of hydrogen-bond donors (Lipinski definition) is 2. The molecule has 0 spiro atoms. The Labute approximate surface area is 129 Å². The summed E-state index contributed by atoms with van der Waals surface area (Å²) in [6.07, 6.45) is 0. The van der Waals surface area contributed by atoms with Crippen LogP contribution in [0.2, 0.25) is 0 Å². The van der Waals surface area contributed by atoms with Gasteiger partial charge in [0.2, 0.25) is 11.0 Å². The number of aromatic nitrogens is 2. The van der Waals surface area contributed by atoms with E-state index in [-0.39, 0.29) is 16.9 Å². The highest BCUT2D eigenvalue weighted by Crippen LogP contribution is 2.15. The van der Waals surface area contributed by atoms with Gasteiger partial charge in [0.25, 0.3) is 11.7 Å². The molecule has 0 aliphatic heterocycles. The third-order valence-electron chi connectivity index (χ3n) is 2.46. The first-order valence-electron chi connectivity index (χ1n) is 6.10. The number of nitrogens with one attached hydrogen (secondary N) is 2. The molecule has 2 rings (SSSR count). The van der Waals surface area contributed by atoms with E-state index in [1.165, 1.54) is 20.1 Å². The Balaban J connectivity index is 2.10. The lowest BCUT2D eigenvalue weighted by Gasteiger charge is -2.05. The lowest BCUT2D eigenvalue weighted by molar-refractivity contribution is -0.114. The van der Waals surface area contributed by atoms with Crippen LogP contribution in [0.15, 0.2) is 24.3 Å². The number of ether oxygens (including phenoxy) is 1. The zero-order valence-corrected chi connectivity index (χ0v) is 12.6. The first-order chi connectivity index (χ1) is 10.5. The fraction of sp³-hybridized carbons (Fsp3) is 0.154. The van der Waals surface area contributed by atoms with E-state index in [0.29, 0.717) is 11.3 Å². The molecule has 9 heteroatoms. The zero-order valence-electron chi connectivity index (χ0n) is 11.7. The fourth-order valence-corrected chi connectivity index (χ4v) is 2.11. The summed E-state index contributed by atoms with van der Waals surface area (Å²) in [6.45, 7) is 1.38. The highest BCUT2D eigenvalue weighted by molar-refractivity contribution is 7.10. The summed E-state index contributed by atoms with van der Waals surface area (Å²) in [5.41, 5.74) is 0.841. The molecule has 0 bridgehead atoms. The Morgan fingerprint density at radius 1 is 1.23 bits per heavy atom. The third kappa shape index (κ3) is 3.85. The average Bonchev–Trinajstić information content (AvgIpc) is 2.94. The summed E-state index contributed by atoms with van der Waals surface area (Å²) >= 11 is 0.867. The van der Waals surface area contributed by atoms with Gasteiger partial charge in [0, 0.05) is 29.7 Å². The Bertz CT molecular complexity index is 728. The molecule has 0 atom stereocenters. The molecule has 2 amide bonds. The second kappa shape index (κ2) is 6.76. The second-order valence-corrected chi connectivity index (χ2v) is 4.88. The lowest BCUT2D eigenvalue weighted by atomic mass is 10.2. The highest BCUT2D eigenvalue weighted by atomic mass is 32.1. The Kier molecular flexibility index (Phi) is 4.79. The van der Waals surface area contributed by atoms with Crippen LogP contribution in [0.5, 0.6) is 0 Å². The minimum absolute atomic E-state index is 0.116. The molecule has 8 nitrogen and oxygen atoms in total. The minimum atomic E-state index is -0.676. The summed E-state index contributed by atoms with van der Waals surface area (Å²) in [4.78, 5) is 38.2. The molecule has 1 aromatic carbocycles. The van der Waals surface area contributed by atoms with E-state index in [9.17, 15) is 14.4 Å². The lowest BCUT2D eigenvalue weighted by Crippen LogP contribution is -2.13. The molecule has 0 radical (unpaired) electrons. The van der Waals surface area contributed by atoms with Crippen molar-refractivity contribution in [3.8, 4) is 0 Å². The van der Waals surface area contributed by atoms with Crippen LogP contribution in [0.25, 0.3) is 0 Å². The number of nitrogens with zero attached hydrogens (tertiary/aromatic N) is 2. The molecule has 0 unspecified atom stereocenters.